The number of anilines is 1. The zero-order valence-electron chi connectivity index (χ0n) is 9.88. The lowest BCUT2D eigenvalue weighted by molar-refractivity contribution is 0.350. The minimum atomic E-state index is 0.530. The molecule has 0 spiro atoms. The Bertz CT molecular complexity index is 351. The molecule has 0 amide bonds. The molecule has 0 saturated heterocycles. The van der Waals surface area contributed by atoms with E-state index in [1.807, 2.05) is 6.92 Å². The fourth-order valence-electron chi connectivity index (χ4n) is 2.50. The summed E-state index contributed by atoms with van der Waals surface area (Å²) in [4.78, 5) is 0. The third-order valence-electron chi connectivity index (χ3n) is 3.47. The van der Waals surface area contributed by atoms with Crippen LogP contribution < -0.4 is 5.73 Å². The SMILES string of the molecule is Cc1nn(C2CCCCCCC2)c(N)c1I. The normalized spacial score (nSPS) is 19.4. The smallest absolute Gasteiger partial charge is 0.135 e. The number of nitrogens with two attached hydrogens (primary N) is 1. The Morgan fingerprint density at radius 1 is 1.19 bits per heavy atom. The predicted octanol–water partition coefficient (Wildman–Crippen LogP) is 3.66. The van der Waals surface area contributed by atoms with E-state index in [2.05, 4.69) is 32.4 Å². The summed E-state index contributed by atoms with van der Waals surface area (Å²) in [7, 11) is 0. The van der Waals surface area contributed by atoms with Crippen molar-refractivity contribution in [1.82, 2.24) is 9.78 Å². The quantitative estimate of drug-likeness (QED) is 0.797. The maximum atomic E-state index is 6.12. The van der Waals surface area contributed by atoms with Gasteiger partial charge in [0, 0.05) is 0 Å². The molecule has 1 heterocycles. The lowest BCUT2D eigenvalue weighted by Gasteiger charge is -2.21. The zero-order chi connectivity index (χ0) is 11.5. The summed E-state index contributed by atoms with van der Waals surface area (Å²) < 4.78 is 3.20. The summed E-state index contributed by atoms with van der Waals surface area (Å²) in [5, 5.41) is 4.59. The van der Waals surface area contributed by atoms with Crippen molar-refractivity contribution >= 4 is 28.4 Å². The summed E-state index contributed by atoms with van der Waals surface area (Å²) in [5.41, 5.74) is 7.19. The van der Waals surface area contributed by atoms with Crippen molar-refractivity contribution in [1.29, 1.82) is 0 Å². The molecule has 1 aromatic heterocycles. The molecule has 0 radical (unpaired) electrons. The van der Waals surface area contributed by atoms with Gasteiger partial charge in [-0.1, -0.05) is 32.1 Å². The molecule has 1 aromatic rings. The topological polar surface area (TPSA) is 43.8 Å². The van der Waals surface area contributed by atoms with Gasteiger partial charge in [0.2, 0.25) is 0 Å². The summed E-state index contributed by atoms with van der Waals surface area (Å²) >= 11 is 2.29. The molecular weight excluding hydrogens is 313 g/mol. The van der Waals surface area contributed by atoms with Crippen molar-refractivity contribution in [2.24, 2.45) is 0 Å². The van der Waals surface area contributed by atoms with Crippen LogP contribution in [0.1, 0.15) is 56.7 Å². The van der Waals surface area contributed by atoms with Crippen LogP contribution in [0, 0.1) is 10.5 Å². The van der Waals surface area contributed by atoms with E-state index in [0.717, 1.165) is 15.1 Å². The van der Waals surface area contributed by atoms with Crippen LogP contribution in [0.5, 0.6) is 0 Å². The number of aryl methyl sites for hydroxylation is 1. The van der Waals surface area contributed by atoms with Crippen LogP contribution in [-0.4, -0.2) is 9.78 Å². The third-order valence-corrected chi connectivity index (χ3v) is 4.80. The van der Waals surface area contributed by atoms with E-state index in [4.69, 9.17) is 5.73 Å². The van der Waals surface area contributed by atoms with Gasteiger partial charge in [0.05, 0.1) is 15.3 Å². The van der Waals surface area contributed by atoms with E-state index in [0.29, 0.717) is 6.04 Å². The van der Waals surface area contributed by atoms with E-state index in [9.17, 15) is 0 Å². The van der Waals surface area contributed by atoms with Crippen molar-refractivity contribution in [3.8, 4) is 0 Å². The number of aromatic nitrogens is 2. The minimum absolute atomic E-state index is 0.530. The van der Waals surface area contributed by atoms with Crippen LogP contribution in [0.25, 0.3) is 0 Å². The third kappa shape index (κ3) is 2.52. The second-order valence-corrected chi connectivity index (χ2v) is 5.81. The molecule has 2 rings (SSSR count). The maximum absolute atomic E-state index is 6.12. The van der Waals surface area contributed by atoms with Gasteiger partial charge in [-0.15, -0.1) is 0 Å². The van der Waals surface area contributed by atoms with Gasteiger partial charge in [0.1, 0.15) is 5.82 Å². The van der Waals surface area contributed by atoms with Crippen molar-refractivity contribution in [3.63, 3.8) is 0 Å². The molecule has 0 unspecified atom stereocenters. The first kappa shape index (κ1) is 12.2. The first-order chi connectivity index (χ1) is 7.70. The maximum Gasteiger partial charge on any atom is 0.135 e. The van der Waals surface area contributed by atoms with E-state index in [-0.39, 0.29) is 0 Å². The lowest BCUT2D eigenvalue weighted by atomic mass is 9.97. The van der Waals surface area contributed by atoms with Gasteiger partial charge in [-0.25, -0.2) is 4.68 Å². The Balaban J connectivity index is 2.17. The highest BCUT2D eigenvalue weighted by Gasteiger charge is 2.19. The second-order valence-electron chi connectivity index (χ2n) is 4.73. The second kappa shape index (κ2) is 5.38. The molecule has 2 N–H and O–H groups in total. The van der Waals surface area contributed by atoms with Gasteiger partial charge in [-0.2, -0.15) is 5.10 Å². The molecule has 4 heteroatoms. The molecule has 0 aliphatic heterocycles. The highest BCUT2D eigenvalue weighted by molar-refractivity contribution is 14.1. The van der Waals surface area contributed by atoms with Crippen LogP contribution in [0.3, 0.4) is 0 Å². The Morgan fingerprint density at radius 3 is 2.25 bits per heavy atom. The summed E-state index contributed by atoms with van der Waals surface area (Å²) in [5.74, 6) is 0.865. The molecule has 1 saturated carbocycles. The number of nitrogens with zero attached hydrogens (tertiary/aromatic N) is 2. The van der Waals surface area contributed by atoms with E-state index < -0.39 is 0 Å². The van der Waals surface area contributed by atoms with Crippen molar-refractivity contribution < 1.29 is 0 Å². The standard InChI is InChI=1S/C12H20IN3/c1-9-11(13)12(14)16(15-9)10-7-5-3-2-4-6-8-10/h10H,2-8,14H2,1H3. The fraction of sp³-hybridized carbons (Fsp3) is 0.750. The molecular formula is C12H20IN3. The van der Waals surface area contributed by atoms with Crippen LogP contribution in [0.4, 0.5) is 5.82 Å². The van der Waals surface area contributed by atoms with Gasteiger partial charge in [-0.05, 0) is 42.4 Å². The number of rotatable bonds is 1. The summed E-state index contributed by atoms with van der Waals surface area (Å²) in [6.45, 7) is 2.04. The summed E-state index contributed by atoms with van der Waals surface area (Å²) in [6.07, 6.45) is 9.25. The molecule has 90 valence electrons. The Morgan fingerprint density at radius 2 is 1.75 bits per heavy atom. The molecule has 1 fully saturated rings. The Kier molecular flexibility index (Phi) is 4.10. The number of hydrogen-bond donors (Lipinski definition) is 1. The molecule has 0 bridgehead atoms. The van der Waals surface area contributed by atoms with Crippen LogP contribution in [0.15, 0.2) is 0 Å². The van der Waals surface area contributed by atoms with Gasteiger partial charge in [-0.3, -0.25) is 0 Å². The Hall–Kier alpha value is -0.260. The monoisotopic (exact) mass is 333 g/mol. The van der Waals surface area contributed by atoms with Gasteiger partial charge in [0.25, 0.3) is 0 Å². The molecule has 0 aromatic carbocycles. The number of hydrogen-bond acceptors (Lipinski definition) is 2. The van der Waals surface area contributed by atoms with E-state index in [1.165, 1.54) is 44.9 Å². The van der Waals surface area contributed by atoms with E-state index >= 15 is 0 Å². The van der Waals surface area contributed by atoms with E-state index in [1.54, 1.807) is 0 Å². The Labute approximate surface area is 111 Å². The van der Waals surface area contributed by atoms with Gasteiger partial charge < -0.3 is 5.73 Å². The van der Waals surface area contributed by atoms with Crippen LogP contribution in [-0.2, 0) is 0 Å². The fourth-order valence-corrected chi connectivity index (χ4v) is 2.86. The first-order valence-corrected chi connectivity index (χ1v) is 7.28. The average Bonchev–Trinajstić information content (AvgIpc) is 2.46. The highest BCUT2D eigenvalue weighted by atomic mass is 127. The molecule has 1 aliphatic rings. The minimum Gasteiger partial charge on any atom is -0.383 e. The van der Waals surface area contributed by atoms with Crippen LogP contribution in [0.2, 0.25) is 0 Å². The summed E-state index contributed by atoms with van der Waals surface area (Å²) in [6, 6.07) is 0.530. The molecule has 1 aliphatic carbocycles. The van der Waals surface area contributed by atoms with Crippen LogP contribution >= 0.6 is 22.6 Å². The first-order valence-electron chi connectivity index (χ1n) is 6.20. The average molecular weight is 333 g/mol. The van der Waals surface area contributed by atoms with Crippen molar-refractivity contribution in [3.05, 3.63) is 9.26 Å². The number of nitrogen functional groups attached to an aromatic ring is 1. The molecule has 16 heavy (non-hydrogen) atoms. The van der Waals surface area contributed by atoms with Gasteiger partial charge in [0.15, 0.2) is 0 Å². The lowest BCUT2D eigenvalue weighted by Crippen LogP contribution is -2.15. The van der Waals surface area contributed by atoms with Crippen molar-refractivity contribution in [2.75, 3.05) is 5.73 Å². The highest BCUT2D eigenvalue weighted by Crippen LogP contribution is 2.30. The largest absolute Gasteiger partial charge is 0.383 e. The van der Waals surface area contributed by atoms with Gasteiger partial charge >= 0.3 is 0 Å². The molecule has 3 nitrogen and oxygen atoms in total. The van der Waals surface area contributed by atoms with Crippen molar-refractivity contribution in [2.45, 2.75) is 57.9 Å². The zero-order valence-corrected chi connectivity index (χ0v) is 12.0. The predicted molar refractivity (Wildman–Crippen MR) is 75.4 cm³/mol. The molecule has 0 atom stereocenters. The number of halogens is 1.